The molecule has 23 heavy (non-hydrogen) atoms. The van der Waals surface area contributed by atoms with E-state index in [2.05, 4.69) is 28.2 Å². The highest BCUT2D eigenvalue weighted by molar-refractivity contribution is 9.10. The molecule has 0 aromatic heterocycles. The van der Waals surface area contributed by atoms with Crippen molar-refractivity contribution in [3.63, 3.8) is 0 Å². The number of nitrogens with one attached hydrogen (secondary N) is 1. The zero-order valence-electron chi connectivity index (χ0n) is 12.9. The summed E-state index contributed by atoms with van der Waals surface area (Å²) in [6, 6.07) is 12.9. The van der Waals surface area contributed by atoms with E-state index in [9.17, 15) is 4.79 Å². The number of carbonyl (C=O) groups is 1. The molecule has 0 saturated heterocycles. The molecule has 0 saturated carbocycles. The third kappa shape index (κ3) is 5.26. The predicted molar refractivity (Wildman–Crippen MR) is 97.2 cm³/mol. The fraction of sp³-hybridized carbons (Fsp3) is 0.278. The molecular formula is C18H19BrClNO2. The lowest BCUT2D eigenvalue weighted by molar-refractivity contribution is 0.0946. The number of hydrogen-bond acceptors (Lipinski definition) is 2. The minimum Gasteiger partial charge on any atom is -0.493 e. The van der Waals surface area contributed by atoms with Gasteiger partial charge in [0, 0.05) is 16.0 Å². The molecule has 2 rings (SSSR count). The van der Waals surface area contributed by atoms with E-state index in [0.29, 0.717) is 29.5 Å². The molecule has 0 bridgehead atoms. The average Bonchev–Trinajstić information content (AvgIpc) is 2.55. The van der Waals surface area contributed by atoms with Crippen LogP contribution in [0.2, 0.25) is 5.02 Å². The Kier molecular flexibility index (Phi) is 6.93. The van der Waals surface area contributed by atoms with E-state index in [-0.39, 0.29) is 5.91 Å². The Morgan fingerprint density at radius 2 is 2.04 bits per heavy atom. The maximum atomic E-state index is 12.5. The van der Waals surface area contributed by atoms with E-state index >= 15 is 0 Å². The van der Waals surface area contributed by atoms with E-state index in [1.807, 2.05) is 30.3 Å². The molecule has 1 amide bonds. The molecule has 5 heteroatoms. The molecule has 122 valence electrons. The Morgan fingerprint density at radius 3 is 2.78 bits per heavy atom. The quantitative estimate of drug-likeness (QED) is 0.652. The van der Waals surface area contributed by atoms with Crippen LogP contribution in [-0.4, -0.2) is 12.5 Å². The topological polar surface area (TPSA) is 38.3 Å². The van der Waals surface area contributed by atoms with Gasteiger partial charge in [0.15, 0.2) is 0 Å². The largest absolute Gasteiger partial charge is 0.493 e. The SMILES string of the molecule is CCCCOc1ccc(Br)cc1C(=O)NCc1ccccc1Cl. The van der Waals surface area contributed by atoms with Crippen molar-refractivity contribution in [1.29, 1.82) is 0 Å². The number of rotatable bonds is 7. The Labute approximate surface area is 150 Å². The number of unbranched alkanes of at least 4 members (excludes halogenated alkanes) is 1. The van der Waals surface area contributed by atoms with E-state index in [1.165, 1.54) is 0 Å². The van der Waals surface area contributed by atoms with Crippen molar-refractivity contribution in [3.8, 4) is 5.75 Å². The van der Waals surface area contributed by atoms with Gasteiger partial charge in [0.05, 0.1) is 12.2 Å². The van der Waals surface area contributed by atoms with Crippen LogP contribution < -0.4 is 10.1 Å². The fourth-order valence-corrected chi connectivity index (χ4v) is 2.61. The van der Waals surface area contributed by atoms with Gasteiger partial charge in [-0.3, -0.25) is 4.79 Å². The van der Waals surface area contributed by atoms with Gasteiger partial charge in [-0.15, -0.1) is 0 Å². The first-order chi connectivity index (χ1) is 11.1. The highest BCUT2D eigenvalue weighted by atomic mass is 79.9. The number of hydrogen-bond donors (Lipinski definition) is 1. The van der Waals surface area contributed by atoms with Gasteiger partial charge in [-0.1, -0.05) is 59.1 Å². The maximum Gasteiger partial charge on any atom is 0.255 e. The third-order valence-electron chi connectivity index (χ3n) is 3.34. The lowest BCUT2D eigenvalue weighted by atomic mass is 10.1. The van der Waals surface area contributed by atoms with Gasteiger partial charge < -0.3 is 10.1 Å². The second-order valence-electron chi connectivity index (χ2n) is 5.12. The van der Waals surface area contributed by atoms with Crippen LogP contribution in [0.5, 0.6) is 5.75 Å². The predicted octanol–water partition coefficient (Wildman–Crippen LogP) is 5.21. The van der Waals surface area contributed by atoms with E-state index in [1.54, 1.807) is 12.1 Å². The molecule has 0 spiro atoms. The molecule has 0 heterocycles. The molecule has 2 aromatic carbocycles. The maximum absolute atomic E-state index is 12.5. The molecule has 0 aliphatic rings. The van der Waals surface area contributed by atoms with Crippen molar-refractivity contribution < 1.29 is 9.53 Å². The molecule has 2 aromatic rings. The summed E-state index contributed by atoms with van der Waals surface area (Å²) in [7, 11) is 0. The van der Waals surface area contributed by atoms with Crippen LogP contribution >= 0.6 is 27.5 Å². The highest BCUT2D eigenvalue weighted by Gasteiger charge is 2.13. The second-order valence-corrected chi connectivity index (χ2v) is 6.44. The Morgan fingerprint density at radius 1 is 1.26 bits per heavy atom. The smallest absolute Gasteiger partial charge is 0.255 e. The number of ether oxygens (including phenoxy) is 1. The van der Waals surface area contributed by atoms with Crippen molar-refractivity contribution in [2.45, 2.75) is 26.3 Å². The molecule has 0 aliphatic carbocycles. The zero-order valence-corrected chi connectivity index (χ0v) is 15.3. The van der Waals surface area contributed by atoms with Crippen molar-refractivity contribution in [2.75, 3.05) is 6.61 Å². The molecular weight excluding hydrogens is 378 g/mol. The van der Waals surface area contributed by atoms with E-state index < -0.39 is 0 Å². The summed E-state index contributed by atoms with van der Waals surface area (Å²) in [4.78, 5) is 12.5. The normalized spacial score (nSPS) is 10.4. The molecule has 1 N–H and O–H groups in total. The van der Waals surface area contributed by atoms with Gasteiger partial charge in [0.1, 0.15) is 5.75 Å². The number of amides is 1. The Bertz CT molecular complexity index is 676. The first-order valence-electron chi connectivity index (χ1n) is 7.55. The third-order valence-corrected chi connectivity index (χ3v) is 4.20. The summed E-state index contributed by atoms with van der Waals surface area (Å²) in [5.74, 6) is 0.413. The fourth-order valence-electron chi connectivity index (χ4n) is 2.04. The molecule has 0 fully saturated rings. The number of benzene rings is 2. The molecule has 0 unspecified atom stereocenters. The van der Waals surface area contributed by atoms with Gasteiger partial charge in [-0.2, -0.15) is 0 Å². The summed E-state index contributed by atoms with van der Waals surface area (Å²) in [5, 5.41) is 3.53. The second kappa shape index (κ2) is 8.94. The van der Waals surface area contributed by atoms with Crippen molar-refractivity contribution in [2.24, 2.45) is 0 Å². The molecule has 0 atom stereocenters. The Hall–Kier alpha value is -1.52. The van der Waals surface area contributed by atoms with Crippen molar-refractivity contribution in [1.82, 2.24) is 5.32 Å². The van der Waals surface area contributed by atoms with Gasteiger partial charge >= 0.3 is 0 Å². The summed E-state index contributed by atoms with van der Waals surface area (Å²) in [6.07, 6.45) is 2.00. The van der Waals surface area contributed by atoms with Crippen LogP contribution in [0, 0.1) is 0 Å². The number of carbonyl (C=O) groups excluding carboxylic acids is 1. The highest BCUT2D eigenvalue weighted by Crippen LogP contribution is 2.24. The van der Waals surface area contributed by atoms with Crippen LogP contribution in [0.3, 0.4) is 0 Å². The first kappa shape index (κ1) is 17.8. The van der Waals surface area contributed by atoms with Gasteiger partial charge in [-0.25, -0.2) is 0 Å². The van der Waals surface area contributed by atoms with Gasteiger partial charge in [-0.05, 0) is 36.2 Å². The lowest BCUT2D eigenvalue weighted by Crippen LogP contribution is -2.23. The minimum absolute atomic E-state index is 0.183. The lowest BCUT2D eigenvalue weighted by Gasteiger charge is -2.12. The van der Waals surface area contributed by atoms with Crippen LogP contribution in [0.4, 0.5) is 0 Å². The summed E-state index contributed by atoms with van der Waals surface area (Å²) < 4.78 is 6.56. The summed E-state index contributed by atoms with van der Waals surface area (Å²) in [5.41, 5.74) is 1.40. The zero-order chi connectivity index (χ0) is 16.7. The molecule has 0 aliphatic heterocycles. The van der Waals surface area contributed by atoms with Crippen LogP contribution in [0.25, 0.3) is 0 Å². The summed E-state index contributed by atoms with van der Waals surface area (Å²) >= 11 is 9.51. The first-order valence-corrected chi connectivity index (χ1v) is 8.73. The van der Waals surface area contributed by atoms with Crippen LogP contribution in [0.15, 0.2) is 46.9 Å². The van der Waals surface area contributed by atoms with Gasteiger partial charge in [0.25, 0.3) is 5.91 Å². The molecule has 3 nitrogen and oxygen atoms in total. The minimum atomic E-state index is -0.183. The summed E-state index contributed by atoms with van der Waals surface area (Å²) in [6.45, 7) is 3.07. The van der Waals surface area contributed by atoms with Crippen molar-refractivity contribution >= 4 is 33.4 Å². The van der Waals surface area contributed by atoms with Crippen molar-refractivity contribution in [3.05, 3.63) is 63.1 Å². The monoisotopic (exact) mass is 395 g/mol. The van der Waals surface area contributed by atoms with Gasteiger partial charge in [0.2, 0.25) is 0 Å². The Balaban J connectivity index is 2.08. The van der Waals surface area contributed by atoms with E-state index in [4.69, 9.17) is 16.3 Å². The van der Waals surface area contributed by atoms with Crippen LogP contribution in [-0.2, 0) is 6.54 Å². The van der Waals surface area contributed by atoms with E-state index in [0.717, 1.165) is 22.9 Å². The number of halogens is 2. The van der Waals surface area contributed by atoms with Crippen LogP contribution in [0.1, 0.15) is 35.7 Å². The average molecular weight is 397 g/mol. The standard InChI is InChI=1S/C18H19BrClNO2/c1-2-3-10-23-17-9-8-14(19)11-15(17)18(22)21-12-13-6-4-5-7-16(13)20/h4-9,11H,2-3,10,12H2,1H3,(H,21,22). The molecule has 0 radical (unpaired) electrons.